The SMILES string of the molecule is Cc1cc(NC(=O)c2cc(S(=O)(=O)N(C)C)ccc2Cl)n(CCC#N)n1. The fourth-order valence-electron chi connectivity index (χ4n) is 2.21. The molecule has 138 valence electrons. The first kappa shape index (κ1) is 19.9. The number of hydrogen-bond donors (Lipinski definition) is 1. The number of carbonyl (C=O) groups excluding carboxylic acids is 1. The number of rotatable bonds is 6. The van der Waals surface area contributed by atoms with E-state index in [-0.39, 0.29) is 21.9 Å². The number of aryl methyl sites for hydroxylation is 2. The van der Waals surface area contributed by atoms with Crippen molar-refractivity contribution in [2.45, 2.75) is 24.8 Å². The zero-order valence-electron chi connectivity index (χ0n) is 14.5. The summed E-state index contributed by atoms with van der Waals surface area (Å²) in [7, 11) is -0.892. The second-order valence-electron chi connectivity index (χ2n) is 5.69. The van der Waals surface area contributed by atoms with Crippen molar-refractivity contribution in [1.29, 1.82) is 5.26 Å². The second-order valence-corrected chi connectivity index (χ2v) is 8.24. The molecule has 1 heterocycles. The lowest BCUT2D eigenvalue weighted by molar-refractivity contribution is 0.102. The number of aromatic nitrogens is 2. The Bertz CT molecular complexity index is 976. The Morgan fingerprint density at radius 1 is 1.38 bits per heavy atom. The first-order chi connectivity index (χ1) is 12.2. The van der Waals surface area contributed by atoms with Crippen molar-refractivity contribution in [1.82, 2.24) is 14.1 Å². The van der Waals surface area contributed by atoms with Crippen LogP contribution in [0.4, 0.5) is 5.82 Å². The Morgan fingerprint density at radius 2 is 2.08 bits per heavy atom. The molecular weight excluding hydrogens is 378 g/mol. The number of nitrogens with one attached hydrogen (secondary N) is 1. The van der Waals surface area contributed by atoms with E-state index in [4.69, 9.17) is 16.9 Å². The van der Waals surface area contributed by atoms with E-state index in [1.165, 1.54) is 37.0 Å². The number of sulfonamides is 1. The van der Waals surface area contributed by atoms with Gasteiger partial charge in [0.15, 0.2) is 0 Å². The summed E-state index contributed by atoms with van der Waals surface area (Å²) in [6.07, 6.45) is 0.237. The summed E-state index contributed by atoms with van der Waals surface area (Å²) in [5.41, 5.74) is 0.702. The van der Waals surface area contributed by atoms with Gasteiger partial charge >= 0.3 is 0 Å². The highest BCUT2D eigenvalue weighted by atomic mass is 35.5. The Kier molecular flexibility index (Phi) is 6.02. The molecular formula is C16H18ClN5O3S. The van der Waals surface area contributed by atoms with Crippen LogP contribution in [0.25, 0.3) is 0 Å². The maximum Gasteiger partial charge on any atom is 0.258 e. The first-order valence-corrected chi connectivity index (χ1v) is 9.43. The van der Waals surface area contributed by atoms with Crippen molar-refractivity contribution >= 4 is 33.3 Å². The number of nitriles is 1. The maximum absolute atomic E-state index is 12.6. The van der Waals surface area contributed by atoms with Crippen molar-refractivity contribution in [3.05, 3.63) is 40.5 Å². The number of hydrogen-bond acceptors (Lipinski definition) is 5. The van der Waals surface area contributed by atoms with Gasteiger partial charge in [-0.3, -0.25) is 4.79 Å². The quantitative estimate of drug-likeness (QED) is 0.806. The Balaban J connectivity index is 2.35. The third kappa shape index (κ3) is 4.22. The number of anilines is 1. The van der Waals surface area contributed by atoms with Gasteiger partial charge in [-0.05, 0) is 25.1 Å². The highest BCUT2D eigenvalue weighted by molar-refractivity contribution is 7.89. The van der Waals surface area contributed by atoms with E-state index in [1.807, 2.05) is 6.07 Å². The van der Waals surface area contributed by atoms with Gasteiger partial charge in [-0.1, -0.05) is 11.6 Å². The van der Waals surface area contributed by atoms with Gasteiger partial charge in [0.25, 0.3) is 5.91 Å². The maximum atomic E-state index is 12.6. The molecule has 26 heavy (non-hydrogen) atoms. The van der Waals surface area contributed by atoms with E-state index in [1.54, 1.807) is 13.0 Å². The monoisotopic (exact) mass is 395 g/mol. The largest absolute Gasteiger partial charge is 0.307 e. The molecule has 0 spiro atoms. The summed E-state index contributed by atoms with van der Waals surface area (Å²) in [6.45, 7) is 2.08. The van der Waals surface area contributed by atoms with Gasteiger partial charge in [-0.2, -0.15) is 10.4 Å². The van der Waals surface area contributed by atoms with Crippen LogP contribution in [0.15, 0.2) is 29.2 Å². The van der Waals surface area contributed by atoms with E-state index >= 15 is 0 Å². The van der Waals surface area contributed by atoms with Gasteiger partial charge in [0.05, 0.1) is 40.2 Å². The number of nitrogens with zero attached hydrogens (tertiary/aromatic N) is 4. The topological polar surface area (TPSA) is 108 Å². The molecule has 10 heteroatoms. The molecule has 2 aromatic rings. The zero-order valence-corrected chi connectivity index (χ0v) is 16.1. The molecule has 0 fully saturated rings. The average Bonchev–Trinajstić information content (AvgIpc) is 2.92. The molecule has 8 nitrogen and oxygen atoms in total. The van der Waals surface area contributed by atoms with Crippen LogP contribution in [0.2, 0.25) is 5.02 Å². The molecule has 1 amide bonds. The Labute approximate surface area is 157 Å². The summed E-state index contributed by atoms with van der Waals surface area (Å²) in [5, 5.41) is 15.7. The lowest BCUT2D eigenvalue weighted by atomic mass is 10.2. The Hall–Kier alpha value is -2.41. The third-order valence-corrected chi connectivity index (χ3v) is 5.68. The van der Waals surface area contributed by atoms with Crippen LogP contribution in [0, 0.1) is 18.3 Å². The van der Waals surface area contributed by atoms with Crippen LogP contribution in [-0.2, 0) is 16.6 Å². The minimum absolute atomic E-state index is 0.0280. The molecule has 0 saturated carbocycles. The second kappa shape index (κ2) is 7.86. The number of benzene rings is 1. The fraction of sp³-hybridized carbons (Fsp3) is 0.312. The summed E-state index contributed by atoms with van der Waals surface area (Å²) in [6, 6.07) is 7.61. The average molecular weight is 396 g/mol. The third-order valence-electron chi connectivity index (χ3n) is 3.54. The van der Waals surface area contributed by atoms with Crippen LogP contribution >= 0.6 is 11.6 Å². The molecule has 0 aliphatic rings. The molecule has 0 aliphatic carbocycles. The van der Waals surface area contributed by atoms with Crippen molar-refractivity contribution in [2.75, 3.05) is 19.4 Å². The van der Waals surface area contributed by atoms with Gasteiger partial charge < -0.3 is 5.32 Å². The van der Waals surface area contributed by atoms with Crippen LogP contribution in [0.3, 0.4) is 0 Å². The normalized spacial score (nSPS) is 11.4. The molecule has 2 rings (SSSR count). The van der Waals surface area contributed by atoms with Gasteiger partial charge in [-0.15, -0.1) is 0 Å². The molecule has 1 N–H and O–H groups in total. The predicted molar refractivity (Wildman–Crippen MR) is 97.5 cm³/mol. The molecule has 0 bridgehead atoms. The number of carbonyl (C=O) groups is 1. The molecule has 0 atom stereocenters. The lowest BCUT2D eigenvalue weighted by Crippen LogP contribution is -2.23. The summed E-state index contributed by atoms with van der Waals surface area (Å²) >= 11 is 6.08. The van der Waals surface area contributed by atoms with Crippen molar-refractivity contribution < 1.29 is 13.2 Å². The van der Waals surface area contributed by atoms with Gasteiger partial charge in [0, 0.05) is 20.2 Å². The Morgan fingerprint density at radius 3 is 2.69 bits per heavy atom. The molecule has 1 aromatic carbocycles. The lowest BCUT2D eigenvalue weighted by Gasteiger charge is -2.13. The van der Waals surface area contributed by atoms with Crippen molar-refractivity contribution in [3.8, 4) is 6.07 Å². The summed E-state index contributed by atoms with van der Waals surface area (Å²) in [5.74, 6) is -0.163. The van der Waals surface area contributed by atoms with Crippen LogP contribution in [-0.4, -0.2) is 42.5 Å². The molecule has 0 saturated heterocycles. The van der Waals surface area contributed by atoms with Gasteiger partial charge in [0.2, 0.25) is 10.0 Å². The van der Waals surface area contributed by atoms with E-state index in [9.17, 15) is 13.2 Å². The van der Waals surface area contributed by atoms with E-state index in [0.29, 0.717) is 18.1 Å². The molecule has 1 aromatic heterocycles. The predicted octanol–water partition coefficient (Wildman–Crippen LogP) is 2.26. The van der Waals surface area contributed by atoms with E-state index in [2.05, 4.69) is 10.4 Å². The van der Waals surface area contributed by atoms with E-state index in [0.717, 1.165) is 4.31 Å². The van der Waals surface area contributed by atoms with Crippen LogP contribution < -0.4 is 5.32 Å². The highest BCUT2D eigenvalue weighted by Crippen LogP contribution is 2.23. The molecule has 0 unspecified atom stereocenters. The van der Waals surface area contributed by atoms with Crippen molar-refractivity contribution in [3.63, 3.8) is 0 Å². The number of amides is 1. The van der Waals surface area contributed by atoms with E-state index < -0.39 is 15.9 Å². The standard InChI is InChI=1S/C16H18ClN5O3S/c1-11-9-15(22(20-11)8-4-7-18)19-16(23)13-10-12(5-6-14(13)17)26(24,25)21(2)3/h5-6,9-10H,4,8H2,1-3H3,(H,19,23). The van der Waals surface area contributed by atoms with Gasteiger partial charge in [-0.25, -0.2) is 17.4 Å². The molecule has 0 aliphatic heterocycles. The highest BCUT2D eigenvalue weighted by Gasteiger charge is 2.21. The summed E-state index contributed by atoms with van der Waals surface area (Å²) < 4.78 is 27.1. The first-order valence-electron chi connectivity index (χ1n) is 7.61. The summed E-state index contributed by atoms with van der Waals surface area (Å²) in [4.78, 5) is 12.6. The minimum atomic E-state index is -3.70. The molecule has 0 radical (unpaired) electrons. The number of halogens is 1. The van der Waals surface area contributed by atoms with Crippen LogP contribution in [0.1, 0.15) is 22.5 Å². The fourth-order valence-corrected chi connectivity index (χ4v) is 3.34. The zero-order chi connectivity index (χ0) is 19.5. The smallest absolute Gasteiger partial charge is 0.258 e. The van der Waals surface area contributed by atoms with Crippen LogP contribution in [0.5, 0.6) is 0 Å². The van der Waals surface area contributed by atoms with Crippen molar-refractivity contribution in [2.24, 2.45) is 0 Å². The van der Waals surface area contributed by atoms with Gasteiger partial charge in [0.1, 0.15) is 5.82 Å². The minimum Gasteiger partial charge on any atom is -0.307 e.